The fourth-order valence-corrected chi connectivity index (χ4v) is 2.68. The normalized spacial score (nSPS) is 13.4. The van der Waals surface area contributed by atoms with Gasteiger partial charge in [-0.15, -0.1) is 0 Å². The fourth-order valence-electron chi connectivity index (χ4n) is 1.55. The first kappa shape index (κ1) is 16.1. The quantitative estimate of drug-likeness (QED) is 0.696. The number of methoxy groups -OCH3 is 1. The standard InChI is InChI=1S/C13H21NO4S/c1-12(13-6-4-3-5-7-13)14-19(15,16)11-10-18-9-8-17-2/h3-7,12,14H,8-11H2,1-2H3. The van der Waals surface area contributed by atoms with Gasteiger partial charge in [-0.1, -0.05) is 30.3 Å². The van der Waals surface area contributed by atoms with Gasteiger partial charge < -0.3 is 9.47 Å². The lowest BCUT2D eigenvalue weighted by atomic mass is 10.1. The highest BCUT2D eigenvalue weighted by molar-refractivity contribution is 7.89. The Labute approximate surface area is 115 Å². The van der Waals surface area contributed by atoms with Gasteiger partial charge >= 0.3 is 0 Å². The molecule has 1 N–H and O–H groups in total. The summed E-state index contributed by atoms with van der Waals surface area (Å²) in [4.78, 5) is 0. The van der Waals surface area contributed by atoms with Crippen LogP contribution in [0.3, 0.4) is 0 Å². The monoisotopic (exact) mass is 287 g/mol. The zero-order valence-corrected chi connectivity index (χ0v) is 12.2. The number of ether oxygens (including phenoxy) is 2. The Hall–Kier alpha value is -0.950. The number of hydrogen-bond acceptors (Lipinski definition) is 4. The zero-order chi connectivity index (χ0) is 14.1. The lowest BCUT2D eigenvalue weighted by Gasteiger charge is -2.14. The van der Waals surface area contributed by atoms with Gasteiger partial charge in [-0.25, -0.2) is 13.1 Å². The van der Waals surface area contributed by atoms with E-state index < -0.39 is 10.0 Å². The predicted molar refractivity (Wildman–Crippen MR) is 74.5 cm³/mol. The molecule has 0 aliphatic heterocycles. The molecule has 0 aromatic heterocycles. The van der Waals surface area contributed by atoms with Gasteiger partial charge in [0, 0.05) is 13.2 Å². The molecule has 0 fully saturated rings. The van der Waals surface area contributed by atoms with E-state index in [9.17, 15) is 8.42 Å². The second-order valence-corrected chi connectivity index (χ2v) is 6.05. The highest BCUT2D eigenvalue weighted by atomic mass is 32.2. The largest absolute Gasteiger partial charge is 0.382 e. The Bertz CT molecular complexity index is 447. The molecule has 19 heavy (non-hydrogen) atoms. The molecular weight excluding hydrogens is 266 g/mol. The Morgan fingerprint density at radius 3 is 2.47 bits per heavy atom. The molecule has 0 bridgehead atoms. The molecule has 0 saturated carbocycles. The minimum atomic E-state index is -3.33. The summed E-state index contributed by atoms with van der Waals surface area (Å²) in [6, 6.07) is 9.20. The van der Waals surface area contributed by atoms with Gasteiger partial charge in [0.2, 0.25) is 10.0 Å². The molecule has 1 aromatic rings. The Kier molecular flexibility index (Phi) is 7.01. The van der Waals surface area contributed by atoms with E-state index in [2.05, 4.69) is 4.72 Å². The highest BCUT2D eigenvalue weighted by Gasteiger charge is 2.15. The molecule has 0 saturated heterocycles. The maximum atomic E-state index is 11.8. The van der Waals surface area contributed by atoms with E-state index in [4.69, 9.17) is 9.47 Å². The summed E-state index contributed by atoms with van der Waals surface area (Å²) in [7, 11) is -1.76. The molecule has 1 unspecified atom stereocenters. The van der Waals surface area contributed by atoms with Crippen LogP contribution >= 0.6 is 0 Å². The van der Waals surface area contributed by atoms with Crippen molar-refractivity contribution >= 4 is 10.0 Å². The lowest BCUT2D eigenvalue weighted by molar-refractivity contribution is 0.0784. The number of benzene rings is 1. The van der Waals surface area contributed by atoms with Crippen LogP contribution in [0.1, 0.15) is 18.5 Å². The number of hydrogen-bond donors (Lipinski definition) is 1. The third-order valence-corrected chi connectivity index (χ3v) is 4.00. The van der Waals surface area contributed by atoms with E-state index in [1.165, 1.54) is 0 Å². The summed E-state index contributed by atoms with van der Waals surface area (Å²) in [5.41, 5.74) is 0.936. The van der Waals surface area contributed by atoms with Crippen LogP contribution in [0.25, 0.3) is 0 Å². The van der Waals surface area contributed by atoms with E-state index in [1.807, 2.05) is 37.3 Å². The number of nitrogens with one attached hydrogen (secondary N) is 1. The first-order valence-electron chi connectivity index (χ1n) is 6.17. The summed E-state index contributed by atoms with van der Waals surface area (Å²) < 4.78 is 36.2. The molecule has 0 amide bonds. The molecular formula is C13H21NO4S. The van der Waals surface area contributed by atoms with Crippen molar-refractivity contribution in [1.82, 2.24) is 4.72 Å². The van der Waals surface area contributed by atoms with Crippen LogP contribution in [-0.2, 0) is 19.5 Å². The smallest absolute Gasteiger partial charge is 0.214 e. The highest BCUT2D eigenvalue weighted by Crippen LogP contribution is 2.12. The van der Waals surface area contributed by atoms with Crippen molar-refractivity contribution in [2.45, 2.75) is 13.0 Å². The SMILES string of the molecule is COCCOCCS(=O)(=O)NC(C)c1ccccc1. The maximum absolute atomic E-state index is 11.8. The van der Waals surface area contributed by atoms with Gasteiger partial charge in [0.25, 0.3) is 0 Å². The first-order chi connectivity index (χ1) is 9.05. The molecule has 108 valence electrons. The molecule has 0 aliphatic rings. The van der Waals surface area contributed by atoms with Gasteiger partial charge in [-0.05, 0) is 12.5 Å². The lowest BCUT2D eigenvalue weighted by Crippen LogP contribution is -2.31. The molecule has 6 heteroatoms. The maximum Gasteiger partial charge on any atom is 0.214 e. The van der Waals surface area contributed by atoms with Gasteiger partial charge in [-0.2, -0.15) is 0 Å². The minimum absolute atomic E-state index is 0.0477. The van der Waals surface area contributed by atoms with Crippen molar-refractivity contribution in [3.05, 3.63) is 35.9 Å². The molecule has 0 spiro atoms. The number of rotatable bonds is 9. The second kappa shape index (κ2) is 8.27. The zero-order valence-electron chi connectivity index (χ0n) is 11.3. The third kappa shape index (κ3) is 6.68. The molecule has 0 aliphatic carbocycles. The molecule has 1 aromatic carbocycles. The van der Waals surface area contributed by atoms with Crippen molar-refractivity contribution in [3.8, 4) is 0 Å². The fraction of sp³-hybridized carbons (Fsp3) is 0.538. The van der Waals surface area contributed by atoms with Gasteiger partial charge in [-0.3, -0.25) is 0 Å². The Morgan fingerprint density at radius 2 is 1.84 bits per heavy atom. The molecule has 5 nitrogen and oxygen atoms in total. The van der Waals surface area contributed by atoms with E-state index in [0.717, 1.165) is 5.56 Å². The van der Waals surface area contributed by atoms with Crippen LogP contribution in [0.2, 0.25) is 0 Å². The van der Waals surface area contributed by atoms with Crippen molar-refractivity contribution in [3.63, 3.8) is 0 Å². The van der Waals surface area contributed by atoms with Gasteiger partial charge in [0.05, 0.1) is 25.6 Å². The minimum Gasteiger partial charge on any atom is -0.382 e. The van der Waals surface area contributed by atoms with Crippen LogP contribution in [0.15, 0.2) is 30.3 Å². The average molecular weight is 287 g/mol. The van der Waals surface area contributed by atoms with Crippen molar-refractivity contribution in [2.24, 2.45) is 0 Å². The summed E-state index contributed by atoms with van der Waals surface area (Å²) in [5.74, 6) is -0.0477. The first-order valence-corrected chi connectivity index (χ1v) is 7.82. The molecule has 0 heterocycles. The molecule has 0 radical (unpaired) electrons. The average Bonchev–Trinajstić information content (AvgIpc) is 2.39. The van der Waals surface area contributed by atoms with Crippen molar-refractivity contribution < 1.29 is 17.9 Å². The van der Waals surface area contributed by atoms with Crippen LogP contribution in [0.5, 0.6) is 0 Å². The molecule has 1 rings (SSSR count). The van der Waals surface area contributed by atoms with E-state index >= 15 is 0 Å². The Morgan fingerprint density at radius 1 is 1.16 bits per heavy atom. The van der Waals surface area contributed by atoms with Crippen molar-refractivity contribution in [2.75, 3.05) is 32.7 Å². The summed E-state index contributed by atoms with van der Waals surface area (Å²) in [6.07, 6.45) is 0. The summed E-state index contributed by atoms with van der Waals surface area (Å²) in [5, 5.41) is 0. The van der Waals surface area contributed by atoms with Crippen molar-refractivity contribution in [1.29, 1.82) is 0 Å². The van der Waals surface area contributed by atoms with Gasteiger partial charge in [0.15, 0.2) is 0 Å². The molecule has 1 atom stereocenters. The predicted octanol–water partition coefficient (Wildman–Crippen LogP) is 1.33. The van der Waals surface area contributed by atoms with Gasteiger partial charge in [0.1, 0.15) is 0 Å². The van der Waals surface area contributed by atoms with Crippen LogP contribution in [0, 0.1) is 0 Å². The van der Waals surface area contributed by atoms with E-state index in [0.29, 0.717) is 13.2 Å². The third-order valence-electron chi connectivity index (χ3n) is 2.58. The van der Waals surface area contributed by atoms with E-state index in [-0.39, 0.29) is 18.4 Å². The van der Waals surface area contributed by atoms with Crippen LogP contribution in [0.4, 0.5) is 0 Å². The van der Waals surface area contributed by atoms with Crippen LogP contribution < -0.4 is 4.72 Å². The summed E-state index contributed by atoms with van der Waals surface area (Å²) in [6.45, 7) is 2.85. The summed E-state index contributed by atoms with van der Waals surface area (Å²) >= 11 is 0. The topological polar surface area (TPSA) is 64.6 Å². The van der Waals surface area contributed by atoms with Crippen LogP contribution in [-0.4, -0.2) is 41.1 Å². The Balaban J connectivity index is 2.38. The number of sulfonamides is 1. The van der Waals surface area contributed by atoms with E-state index in [1.54, 1.807) is 7.11 Å². The second-order valence-electron chi connectivity index (χ2n) is 4.17.